The van der Waals surface area contributed by atoms with Crippen LogP contribution in [0.5, 0.6) is 0 Å². The lowest BCUT2D eigenvalue weighted by molar-refractivity contribution is 0.515. The Labute approximate surface area is 123 Å². The van der Waals surface area contributed by atoms with Crippen LogP contribution in [-0.2, 0) is 0 Å². The molecular weight excluding hydrogens is 291 g/mol. The number of benzene rings is 1. The van der Waals surface area contributed by atoms with Crippen molar-refractivity contribution in [2.24, 2.45) is 5.10 Å². The highest BCUT2D eigenvalue weighted by Crippen LogP contribution is 2.43. The van der Waals surface area contributed by atoms with E-state index in [0.717, 1.165) is 24.2 Å². The number of hydrazone groups is 1. The molecule has 0 radical (unpaired) electrons. The van der Waals surface area contributed by atoms with E-state index in [2.05, 4.69) is 25.9 Å². The second-order valence-corrected chi connectivity index (χ2v) is 6.29. The Morgan fingerprint density at radius 3 is 2.22 bits per heavy atom. The first kappa shape index (κ1) is 14.0. The maximum absolute atomic E-state index is 6.25. The average Bonchev–Trinajstić information content (AvgIpc) is 2.53. The van der Waals surface area contributed by atoms with E-state index in [1.165, 1.54) is 0 Å². The summed E-state index contributed by atoms with van der Waals surface area (Å²) in [6.45, 7) is 6.35. The summed E-state index contributed by atoms with van der Waals surface area (Å²) in [5.74, 6) is 0. The molecule has 2 nitrogen and oxygen atoms in total. The van der Waals surface area contributed by atoms with E-state index in [1.54, 1.807) is 12.1 Å². The van der Waals surface area contributed by atoms with Gasteiger partial charge in [-0.3, -0.25) is 5.01 Å². The molecule has 1 aliphatic heterocycles. The molecule has 0 saturated carbocycles. The molecule has 5 heteroatoms. The Bertz CT molecular complexity index is 486. The summed E-state index contributed by atoms with van der Waals surface area (Å²) in [4.78, 5) is 0. The molecule has 0 fully saturated rings. The molecular formula is C13H15Cl3N2. The van der Waals surface area contributed by atoms with Crippen LogP contribution in [-0.4, -0.2) is 11.3 Å². The molecule has 1 aliphatic rings. The average molecular weight is 306 g/mol. The summed E-state index contributed by atoms with van der Waals surface area (Å²) in [6, 6.07) is 3.39. The molecule has 0 atom stereocenters. The monoisotopic (exact) mass is 304 g/mol. The van der Waals surface area contributed by atoms with E-state index in [-0.39, 0.29) is 5.54 Å². The van der Waals surface area contributed by atoms with Crippen LogP contribution in [0.3, 0.4) is 0 Å². The van der Waals surface area contributed by atoms with Gasteiger partial charge in [0.15, 0.2) is 0 Å². The zero-order valence-electron chi connectivity index (χ0n) is 10.6. The van der Waals surface area contributed by atoms with Crippen molar-refractivity contribution in [2.45, 2.75) is 39.2 Å². The normalized spacial score (nSPS) is 18.1. The zero-order chi connectivity index (χ0) is 13.5. The minimum Gasteiger partial charge on any atom is -0.257 e. The Kier molecular flexibility index (Phi) is 3.82. The predicted octanol–water partition coefficient (Wildman–Crippen LogP) is 5.40. The van der Waals surface area contributed by atoms with Crippen molar-refractivity contribution >= 4 is 46.2 Å². The molecule has 0 spiro atoms. The molecule has 0 unspecified atom stereocenters. The SMILES string of the molecule is CCC1=NN(c2c(Cl)cc(Cl)cc2Cl)C(C)(C)C1. The van der Waals surface area contributed by atoms with Crippen LogP contribution in [0.15, 0.2) is 17.2 Å². The van der Waals surface area contributed by atoms with Gasteiger partial charge in [-0.15, -0.1) is 0 Å². The van der Waals surface area contributed by atoms with Crippen molar-refractivity contribution in [3.63, 3.8) is 0 Å². The predicted molar refractivity (Wildman–Crippen MR) is 80.4 cm³/mol. The fourth-order valence-corrected chi connectivity index (χ4v) is 3.15. The van der Waals surface area contributed by atoms with E-state index in [1.807, 2.05) is 5.01 Å². The Morgan fingerprint density at radius 1 is 1.22 bits per heavy atom. The first-order valence-electron chi connectivity index (χ1n) is 5.86. The molecule has 0 amide bonds. The van der Waals surface area contributed by atoms with Gasteiger partial charge in [0.05, 0.1) is 21.3 Å². The molecule has 0 aromatic heterocycles. The first-order valence-corrected chi connectivity index (χ1v) is 6.99. The lowest BCUT2D eigenvalue weighted by atomic mass is 9.97. The van der Waals surface area contributed by atoms with Gasteiger partial charge in [-0.25, -0.2) is 0 Å². The van der Waals surface area contributed by atoms with Gasteiger partial charge >= 0.3 is 0 Å². The highest BCUT2D eigenvalue weighted by molar-refractivity contribution is 6.41. The van der Waals surface area contributed by atoms with Crippen molar-refractivity contribution in [1.82, 2.24) is 0 Å². The van der Waals surface area contributed by atoms with Crippen LogP contribution in [0.2, 0.25) is 15.1 Å². The van der Waals surface area contributed by atoms with Gasteiger partial charge in [-0.1, -0.05) is 41.7 Å². The van der Waals surface area contributed by atoms with Gasteiger partial charge in [0, 0.05) is 17.2 Å². The third kappa shape index (κ3) is 2.47. The summed E-state index contributed by atoms with van der Waals surface area (Å²) in [7, 11) is 0. The number of hydrogen-bond donors (Lipinski definition) is 0. The molecule has 1 aromatic carbocycles. The van der Waals surface area contributed by atoms with Crippen LogP contribution in [0, 0.1) is 0 Å². The van der Waals surface area contributed by atoms with Crippen molar-refractivity contribution in [2.75, 3.05) is 5.01 Å². The first-order chi connectivity index (χ1) is 8.35. The van der Waals surface area contributed by atoms with E-state index in [0.29, 0.717) is 15.1 Å². The number of rotatable bonds is 2. The molecule has 1 heterocycles. The topological polar surface area (TPSA) is 15.6 Å². The molecule has 1 aromatic rings. The van der Waals surface area contributed by atoms with E-state index < -0.39 is 0 Å². The number of nitrogens with zero attached hydrogens (tertiary/aromatic N) is 2. The largest absolute Gasteiger partial charge is 0.257 e. The zero-order valence-corrected chi connectivity index (χ0v) is 12.9. The van der Waals surface area contributed by atoms with E-state index in [4.69, 9.17) is 34.8 Å². The summed E-state index contributed by atoms with van der Waals surface area (Å²) >= 11 is 18.4. The van der Waals surface area contributed by atoms with Gasteiger partial charge in [-0.05, 0) is 32.4 Å². The van der Waals surface area contributed by atoms with Crippen LogP contribution in [0.4, 0.5) is 5.69 Å². The van der Waals surface area contributed by atoms with E-state index in [9.17, 15) is 0 Å². The van der Waals surface area contributed by atoms with Gasteiger partial charge in [-0.2, -0.15) is 5.10 Å². The molecule has 98 valence electrons. The quantitative estimate of drug-likeness (QED) is 0.714. The maximum atomic E-state index is 6.25. The standard InChI is InChI=1S/C13H15Cl3N2/c1-4-9-7-13(2,3)18(17-9)12-10(15)5-8(14)6-11(12)16/h5-6H,4,7H2,1-3H3. The summed E-state index contributed by atoms with van der Waals surface area (Å²) in [5.41, 5.74) is 1.77. The molecule has 2 rings (SSSR count). The number of halogens is 3. The van der Waals surface area contributed by atoms with Crippen molar-refractivity contribution in [3.05, 3.63) is 27.2 Å². The Morgan fingerprint density at radius 2 is 1.78 bits per heavy atom. The van der Waals surface area contributed by atoms with Crippen LogP contribution in [0.1, 0.15) is 33.6 Å². The lowest BCUT2D eigenvalue weighted by Gasteiger charge is -2.31. The van der Waals surface area contributed by atoms with Crippen molar-refractivity contribution in [1.29, 1.82) is 0 Å². The van der Waals surface area contributed by atoms with Crippen molar-refractivity contribution < 1.29 is 0 Å². The molecule has 18 heavy (non-hydrogen) atoms. The van der Waals surface area contributed by atoms with Gasteiger partial charge in [0.2, 0.25) is 0 Å². The maximum Gasteiger partial charge on any atom is 0.0973 e. The smallest absolute Gasteiger partial charge is 0.0973 e. The van der Waals surface area contributed by atoms with Gasteiger partial charge in [0.25, 0.3) is 0 Å². The number of anilines is 1. The number of hydrogen-bond acceptors (Lipinski definition) is 2. The van der Waals surface area contributed by atoms with Crippen LogP contribution < -0.4 is 5.01 Å². The highest BCUT2D eigenvalue weighted by Gasteiger charge is 2.36. The summed E-state index contributed by atoms with van der Waals surface area (Å²) in [6.07, 6.45) is 1.85. The van der Waals surface area contributed by atoms with Crippen LogP contribution in [0.25, 0.3) is 0 Å². The highest BCUT2D eigenvalue weighted by atomic mass is 35.5. The molecule has 0 N–H and O–H groups in total. The van der Waals surface area contributed by atoms with Gasteiger partial charge < -0.3 is 0 Å². The summed E-state index contributed by atoms with van der Waals surface area (Å²) in [5, 5.41) is 8.12. The fourth-order valence-electron chi connectivity index (χ4n) is 2.17. The Hall–Kier alpha value is -0.440. The molecule has 0 saturated heterocycles. The molecule has 0 aliphatic carbocycles. The minimum absolute atomic E-state index is 0.119. The second-order valence-electron chi connectivity index (χ2n) is 5.04. The second kappa shape index (κ2) is 4.92. The van der Waals surface area contributed by atoms with Crippen molar-refractivity contribution in [3.8, 4) is 0 Å². The fraction of sp³-hybridized carbons (Fsp3) is 0.462. The third-order valence-corrected chi connectivity index (χ3v) is 3.85. The van der Waals surface area contributed by atoms with Gasteiger partial charge in [0.1, 0.15) is 0 Å². The Balaban J connectivity index is 2.52. The molecule has 0 bridgehead atoms. The van der Waals surface area contributed by atoms with E-state index >= 15 is 0 Å². The summed E-state index contributed by atoms with van der Waals surface area (Å²) < 4.78 is 0. The van der Waals surface area contributed by atoms with Crippen LogP contribution >= 0.6 is 34.8 Å². The minimum atomic E-state index is -0.119. The lowest BCUT2D eigenvalue weighted by Crippen LogP contribution is -2.36. The third-order valence-electron chi connectivity index (χ3n) is 3.05.